The van der Waals surface area contributed by atoms with Crippen LogP contribution in [-0.4, -0.2) is 49.8 Å². The molecule has 0 radical (unpaired) electrons. The van der Waals surface area contributed by atoms with Crippen molar-refractivity contribution in [2.24, 2.45) is 0 Å². The number of nitrogens with zero attached hydrogens (tertiary/aromatic N) is 10. The van der Waals surface area contributed by atoms with Crippen molar-refractivity contribution in [3.05, 3.63) is 469 Å². The largest absolute Gasteiger partial charge is 0.265 e. The van der Waals surface area contributed by atoms with Crippen molar-refractivity contribution < 1.29 is 0 Å². The Kier molecular flexibility index (Phi) is 34.9. The topological polar surface area (TPSA) is 129 Å². The number of pyridine rings is 10. The summed E-state index contributed by atoms with van der Waals surface area (Å²) in [5, 5.41) is 14.9. The summed E-state index contributed by atoms with van der Waals surface area (Å²) in [7, 11) is 0. The molecule has 20 rings (SSSR count). The predicted octanol–water partition coefficient (Wildman–Crippen LogP) is 27.1. The fraction of sp³-hybridized carbons (Fsp3) is 0.113. The van der Waals surface area contributed by atoms with E-state index in [0.29, 0.717) is 0 Å². The van der Waals surface area contributed by atoms with E-state index >= 15 is 0 Å². The summed E-state index contributed by atoms with van der Waals surface area (Å²) in [5.74, 6) is 0. The first-order chi connectivity index (χ1) is 56.5. The lowest BCUT2D eigenvalue weighted by atomic mass is 10.1. The van der Waals surface area contributed by atoms with Crippen molar-refractivity contribution in [1.82, 2.24) is 49.8 Å². The molecule has 10 nitrogen and oxygen atoms in total. The highest BCUT2D eigenvalue weighted by Gasteiger charge is 1.98. The number of rotatable bonds is 0. The first-order valence-electron chi connectivity index (χ1n) is 38.7. The third-order valence-electron chi connectivity index (χ3n) is 17.7. The van der Waals surface area contributed by atoms with Gasteiger partial charge in [0.15, 0.2) is 0 Å². The van der Waals surface area contributed by atoms with Gasteiger partial charge in [-0.15, -0.1) is 0 Å². The Bertz CT molecular complexity index is 5190. The van der Waals surface area contributed by atoms with Crippen LogP contribution in [0.3, 0.4) is 0 Å². The molecular weight excluding hydrogens is 1410 g/mol. The lowest BCUT2D eigenvalue weighted by Gasteiger charge is -1.96. The van der Waals surface area contributed by atoms with Crippen LogP contribution in [0.2, 0.25) is 0 Å². The Hall–Kier alpha value is -14.2. The molecule has 10 aromatic carbocycles. The van der Waals surface area contributed by atoms with Crippen LogP contribution in [-0.2, 0) is 0 Å². The second-order valence-electron chi connectivity index (χ2n) is 27.9. The molecule has 10 heterocycles. The van der Waals surface area contributed by atoms with Gasteiger partial charge in [0.2, 0.25) is 0 Å². The molecule has 0 spiro atoms. The molecule has 0 fully saturated rings. The second kappa shape index (κ2) is 47.2. The Morgan fingerprint density at radius 3 is 1.14 bits per heavy atom. The maximum Gasteiger partial charge on any atom is 0.0705 e. The quantitative estimate of drug-likeness (QED) is 0.145. The van der Waals surface area contributed by atoms with Gasteiger partial charge < -0.3 is 0 Å². The summed E-state index contributed by atoms with van der Waals surface area (Å²) in [6.07, 6.45) is 23.8. The molecule has 576 valence electrons. The maximum atomic E-state index is 4.38. The lowest BCUT2D eigenvalue weighted by Crippen LogP contribution is -1.80. The van der Waals surface area contributed by atoms with E-state index in [-0.39, 0.29) is 0 Å². The van der Waals surface area contributed by atoms with E-state index in [1.165, 1.54) is 115 Å². The van der Waals surface area contributed by atoms with Crippen molar-refractivity contribution >= 4 is 86.7 Å². The van der Waals surface area contributed by atoms with Gasteiger partial charge in [-0.1, -0.05) is 240 Å². The number of aromatic nitrogens is 10. The summed E-state index contributed by atoms with van der Waals surface area (Å²) < 4.78 is 0. The van der Waals surface area contributed by atoms with Crippen molar-refractivity contribution in [2.75, 3.05) is 0 Å². The highest BCUT2D eigenvalue weighted by molar-refractivity contribution is 5.86. The summed E-state index contributed by atoms with van der Waals surface area (Å²) >= 11 is 0. The highest BCUT2D eigenvalue weighted by atomic mass is 14.7. The van der Waals surface area contributed by atoms with Crippen LogP contribution in [0.5, 0.6) is 0 Å². The molecule has 10 heteroatoms. The molecule has 0 atom stereocenters. The summed E-state index contributed by atoms with van der Waals surface area (Å²) in [5.41, 5.74) is 19.0. The zero-order valence-corrected chi connectivity index (χ0v) is 68.6. The van der Waals surface area contributed by atoms with Gasteiger partial charge in [0.1, 0.15) is 0 Å². The van der Waals surface area contributed by atoms with Crippen molar-refractivity contribution in [1.29, 1.82) is 0 Å². The Balaban J connectivity index is 0.000000145. The van der Waals surface area contributed by atoms with E-state index in [9.17, 15) is 0 Å². The van der Waals surface area contributed by atoms with E-state index in [1.54, 1.807) is 24.8 Å². The second-order valence-corrected chi connectivity index (χ2v) is 27.9. The molecule has 0 aliphatic heterocycles. The van der Waals surface area contributed by atoms with E-state index < -0.39 is 0 Å². The molecule has 0 bridgehead atoms. The average Bonchev–Trinajstić information content (AvgIpc) is 0.900. The predicted molar refractivity (Wildman–Crippen MR) is 492 cm³/mol. The summed E-state index contributed by atoms with van der Waals surface area (Å²) in [4.78, 5) is 41.1. The minimum absolute atomic E-state index is 1.07. The van der Waals surface area contributed by atoms with Gasteiger partial charge in [0, 0.05) is 135 Å². The van der Waals surface area contributed by atoms with Gasteiger partial charge >= 0.3 is 0 Å². The summed E-state index contributed by atoms with van der Waals surface area (Å²) in [6.45, 7) is 24.7. The van der Waals surface area contributed by atoms with E-state index in [1.807, 2.05) is 236 Å². The molecule has 0 N–H and O–H groups in total. The van der Waals surface area contributed by atoms with Gasteiger partial charge in [-0.05, 0) is 241 Å². The van der Waals surface area contributed by atoms with Gasteiger partial charge in [0.05, 0.1) is 22.1 Å². The molecule has 0 unspecified atom stereocenters. The van der Waals surface area contributed by atoms with Crippen LogP contribution in [0.1, 0.15) is 67.2 Å². The van der Waals surface area contributed by atoms with Gasteiger partial charge in [-0.3, -0.25) is 49.8 Å². The summed E-state index contributed by atoms with van der Waals surface area (Å²) in [6, 6.07) is 109. The molecule has 20 aromatic rings. The highest BCUT2D eigenvalue weighted by Crippen LogP contribution is 2.19. The number of hydrogen-bond acceptors (Lipinski definition) is 10. The molecule has 0 aliphatic rings. The molecule has 0 amide bonds. The monoisotopic (exact) mass is 1510 g/mol. The Labute approximate surface area is 684 Å². The first-order valence-corrected chi connectivity index (χ1v) is 38.7. The first kappa shape index (κ1) is 85.8. The van der Waals surface area contributed by atoms with Crippen LogP contribution < -0.4 is 0 Å². The third kappa shape index (κ3) is 30.8. The van der Waals surface area contributed by atoms with E-state index in [2.05, 4.69) is 274 Å². The fourth-order valence-corrected chi connectivity index (χ4v) is 11.5. The number of para-hydroxylation sites is 2. The maximum absolute atomic E-state index is 4.38. The lowest BCUT2D eigenvalue weighted by molar-refractivity contribution is 1.20. The van der Waals surface area contributed by atoms with Gasteiger partial charge in [-0.2, -0.15) is 0 Å². The molecular formula is C106H102N10. The van der Waals surface area contributed by atoms with Crippen molar-refractivity contribution in [3.8, 4) is 0 Å². The average molecular weight is 1520 g/mol. The fourth-order valence-electron chi connectivity index (χ4n) is 11.5. The molecule has 0 saturated carbocycles. The van der Waals surface area contributed by atoms with Crippen LogP contribution >= 0.6 is 0 Å². The van der Waals surface area contributed by atoms with Crippen molar-refractivity contribution in [3.63, 3.8) is 0 Å². The minimum Gasteiger partial charge on any atom is -0.265 e. The van der Waals surface area contributed by atoms with E-state index in [4.69, 9.17) is 0 Å². The molecule has 10 aromatic heterocycles. The smallest absolute Gasteiger partial charge is 0.0705 e. The number of aryl methyl sites for hydroxylation is 12. The number of hydrogen-bond donors (Lipinski definition) is 0. The Morgan fingerprint density at radius 1 is 0.147 bits per heavy atom. The van der Waals surface area contributed by atoms with Crippen molar-refractivity contribution in [2.45, 2.75) is 83.1 Å². The zero-order chi connectivity index (χ0) is 81.9. The van der Waals surface area contributed by atoms with Gasteiger partial charge in [-0.25, -0.2) is 0 Å². The van der Waals surface area contributed by atoms with Crippen LogP contribution in [0.25, 0.3) is 86.7 Å². The Morgan fingerprint density at radius 2 is 0.552 bits per heavy atom. The third-order valence-corrected chi connectivity index (χ3v) is 17.7. The number of benzene rings is 10. The molecule has 0 saturated heterocycles. The molecule has 116 heavy (non-hydrogen) atoms. The van der Waals surface area contributed by atoms with E-state index in [0.717, 1.165) is 39.1 Å². The van der Waals surface area contributed by atoms with Crippen LogP contribution in [0.15, 0.2) is 402 Å². The SMILES string of the molecule is Cc1cc2ccccc2cn1.Cc1ccc2ccccc2c1.Cc1ccc2ccccc2n1.Cc1ccc2cccnc2c1.Cc1ccc2ccncc2c1.Cc1ccc2cnccc2c1.Cc1ccc2ncccc2c1.Cc1ccccc1.Cc1ccccn1.Cc1cccnc1.Cc1ccncc1.Cc1cnc2ccccc2c1. The minimum atomic E-state index is 1.07. The van der Waals surface area contributed by atoms with Gasteiger partial charge in [0.25, 0.3) is 0 Å². The normalized spacial score (nSPS) is 9.90. The van der Waals surface area contributed by atoms with Crippen LogP contribution in [0.4, 0.5) is 0 Å². The zero-order valence-electron chi connectivity index (χ0n) is 68.6. The molecule has 0 aliphatic carbocycles. The number of fused-ring (bicyclic) bond motifs is 8. The standard InChI is InChI=1S/C11H10.7C10H9N.C7H8.3C6H7N/c1-9-6-7-10-4-2-3-5-11(10)8-9;1-8-2-3-10-7-11-5-4-9(10)6-8;1-8-2-3-9-4-5-11-7-10(9)6-8;1-8-4-5-10-9(7-8)3-2-6-11-10;1-8-4-5-9-3-2-6-11-10(9)7-8;1-8-6-9-4-2-3-5-10(9)7-11-8;1-8-6-9-4-2-3-5-10(9)11-7-8;1-8-6-7-9-4-2-3-5-10(9)11-8;1-7-5-3-2-4-6-7;1-6-2-4-7-5-3-6;1-6-3-2-4-7-5-6;1-6-4-2-3-5-7-6/h2-8H,1H3;7*2-7H,1H3;2-6H,1H3;3*2-5H,1H3. The van der Waals surface area contributed by atoms with Crippen LogP contribution in [0, 0.1) is 83.1 Å².